The Morgan fingerprint density at radius 1 is 0.811 bits per heavy atom. The maximum absolute atomic E-state index is 11.8. The van der Waals surface area contributed by atoms with E-state index in [0.717, 1.165) is 67.0 Å². The van der Waals surface area contributed by atoms with Crippen LogP contribution < -0.4 is 9.47 Å². The van der Waals surface area contributed by atoms with Gasteiger partial charge in [0.15, 0.2) is 5.75 Å². The molecule has 0 atom stereocenters. The van der Waals surface area contributed by atoms with Crippen molar-refractivity contribution in [2.24, 2.45) is 0 Å². The average molecular weight is 751 g/mol. The molecule has 1 fully saturated rings. The third-order valence-electron chi connectivity index (χ3n) is 9.34. The number of allylic oxidation sites excluding steroid dienone is 1. The smallest absolute Gasteiger partial charge is 0.219 e. The molecule has 6 rings (SSSR count). The number of aromatic nitrogens is 1. The lowest BCUT2D eigenvalue weighted by atomic mass is 10.0. The first-order valence-electron chi connectivity index (χ1n) is 17.9. The maximum atomic E-state index is 11.8. The van der Waals surface area contributed by atoms with Gasteiger partial charge < -0.3 is 19.1 Å². The van der Waals surface area contributed by atoms with Crippen LogP contribution in [-0.2, 0) is 35.9 Å². The van der Waals surface area contributed by atoms with Gasteiger partial charge in [-0.2, -0.15) is 0 Å². The molecule has 0 saturated carbocycles. The number of carbonyl (C=O) groups is 1. The van der Waals surface area contributed by atoms with E-state index in [9.17, 15) is 4.79 Å². The predicted octanol–water partition coefficient (Wildman–Crippen LogP) is 10.3. The van der Waals surface area contributed by atoms with Gasteiger partial charge in [0.25, 0.3) is 0 Å². The van der Waals surface area contributed by atoms with Crippen LogP contribution in [0.3, 0.4) is 0 Å². The molecule has 0 radical (unpaired) electrons. The topological polar surface area (TPSA) is 64.1 Å². The highest BCUT2D eigenvalue weighted by Crippen LogP contribution is 2.36. The molecule has 1 aliphatic heterocycles. The molecule has 0 aliphatic carbocycles. The summed E-state index contributed by atoms with van der Waals surface area (Å²) in [5, 5.41) is 1.09. The number of aldehydes is 1. The number of piperazine rings is 1. The van der Waals surface area contributed by atoms with Gasteiger partial charge in [0.05, 0.1) is 24.4 Å². The van der Waals surface area contributed by atoms with E-state index in [1.807, 2.05) is 43.3 Å². The van der Waals surface area contributed by atoms with Crippen molar-refractivity contribution in [3.05, 3.63) is 158 Å². The zero-order valence-corrected chi connectivity index (χ0v) is 31.9. The van der Waals surface area contributed by atoms with E-state index in [4.69, 9.17) is 37.4 Å². The monoisotopic (exact) mass is 749 g/mol. The first-order valence-corrected chi connectivity index (χ1v) is 18.7. The second-order valence-electron chi connectivity index (χ2n) is 13.6. The third-order valence-corrected chi connectivity index (χ3v) is 9.99. The molecule has 0 unspecified atom stereocenters. The van der Waals surface area contributed by atoms with Crippen LogP contribution in [-0.4, -0.2) is 47.2 Å². The van der Waals surface area contributed by atoms with Crippen molar-refractivity contribution in [2.45, 2.75) is 53.1 Å². The highest BCUT2D eigenvalue weighted by atomic mass is 35.5. The molecule has 53 heavy (non-hydrogen) atoms. The molecule has 7 nitrogen and oxygen atoms in total. The maximum Gasteiger partial charge on any atom is 0.219 e. The second kappa shape index (κ2) is 18.4. The summed E-state index contributed by atoms with van der Waals surface area (Å²) in [6, 6.07) is 32.3. The lowest BCUT2D eigenvalue weighted by Crippen LogP contribution is -2.45. The fraction of sp³-hybridized carbons (Fsp3) is 0.273. The van der Waals surface area contributed by atoms with Gasteiger partial charge in [0, 0.05) is 61.1 Å². The minimum absolute atomic E-state index is 0.333. The number of halogens is 2. The predicted molar refractivity (Wildman–Crippen MR) is 213 cm³/mol. The molecule has 1 aliphatic rings. The molecular formula is C44H45Cl2N3O4. The summed E-state index contributed by atoms with van der Waals surface area (Å²) in [5.41, 5.74) is 8.39. The first kappa shape index (κ1) is 38.1. The minimum Gasteiger partial charge on any atom is -0.487 e. The van der Waals surface area contributed by atoms with E-state index in [1.54, 1.807) is 24.4 Å². The molecule has 0 amide bonds. The van der Waals surface area contributed by atoms with Gasteiger partial charge in [-0.15, -0.1) is 0 Å². The second-order valence-corrected chi connectivity index (χ2v) is 14.4. The zero-order valence-electron chi connectivity index (χ0n) is 30.4. The lowest BCUT2D eigenvalue weighted by Gasteiger charge is -2.37. The summed E-state index contributed by atoms with van der Waals surface area (Å²) >= 11 is 13.0. The van der Waals surface area contributed by atoms with Crippen molar-refractivity contribution < 1.29 is 19.0 Å². The standard InChI is InChI=1S/C44H45Cl2N3O4/c1-31(2)36-14-12-35(13-15-36)29-51-28-34-10-8-33(9-11-34)27-48-19-21-49(22-20-48)42(18-23-50)38-24-32(3)44(41(46)25-38)53-43-17-16-39(26-47-43)52-30-37-6-4-5-7-40(37)45/h4-18,23-26,31H,19-22,27-30H2,1-3H3/b42-18+. The van der Waals surface area contributed by atoms with Crippen LogP contribution in [0.15, 0.2) is 109 Å². The Hall–Kier alpha value is -4.66. The molecule has 0 N–H and O–H groups in total. The number of nitrogens with zero attached hydrogens (tertiary/aromatic N) is 3. The van der Waals surface area contributed by atoms with E-state index in [0.29, 0.717) is 53.2 Å². The van der Waals surface area contributed by atoms with Gasteiger partial charge in [0.1, 0.15) is 18.6 Å². The van der Waals surface area contributed by atoms with Crippen LogP contribution in [0.4, 0.5) is 0 Å². The summed E-state index contributed by atoms with van der Waals surface area (Å²) in [5.74, 6) is 2.02. The van der Waals surface area contributed by atoms with Crippen molar-refractivity contribution in [3.8, 4) is 17.4 Å². The quantitative estimate of drug-likeness (QED) is 0.0780. The van der Waals surface area contributed by atoms with Crippen LogP contribution in [0.2, 0.25) is 10.0 Å². The number of ether oxygens (including phenoxy) is 3. The van der Waals surface area contributed by atoms with Crippen molar-refractivity contribution in [1.29, 1.82) is 0 Å². The van der Waals surface area contributed by atoms with Crippen LogP contribution in [0.25, 0.3) is 5.70 Å². The van der Waals surface area contributed by atoms with Crippen molar-refractivity contribution >= 4 is 35.2 Å². The Morgan fingerprint density at radius 2 is 1.49 bits per heavy atom. The third kappa shape index (κ3) is 10.5. The number of aryl methyl sites for hydroxylation is 1. The molecule has 4 aromatic carbocycles. The number of benzene rings is 4. The highest BCUT2D eigenvalue weighted by Gasteiger charge is 2.22. The van der Waals surface area contributed by atoms with Crippen molar-refractivity contribution in [1.82, 2.24) is 14.8 Å². The number of rotatable bonds is 15. The van der Waals surface area contributed by atoms with E-state index in [1.165, 1.54) is 16.7 Å². The molecule has 1 saturated heterocycles. The van der Waals surface area contributed by atoms with Crippen LogP contribution in [0.5, 0.6) is 17.4 Å². The Kier molecular flexibility index (Phi) is 13.2. The van der Waals surface area contributed by atoms with Crippen LogP contribution in [0, 0.1) is 6.92 Å². The van der Waals surface area contributed by atoms with Crippen LogP contribution >= 0.6 is 23.2 Å². The lowest BCUT2D eigenvalue weighted by molar-refractivity contribution is -0.104. The average Bonchev–Trinajstić information content (AvgIpc) is 3.17. The van der Waals surface area contributed by atoms with Crippen LogP contribution in [0.1, 0.15) is 58.7 Å². The summed E-state index contributed by atoms with van der Waals surface area (Å²) in [6.07, 6.45) is 4.06. The largest absolute Gasteiger partial charge is 0.487 e. The van der Waals surface area contributed by atoms with Crippen molar-refractivity contribution in [3.63, 3.8) is 0 Å². The van der Waals surface area contributed by atoms with E-state index in [-0.39, 0.29) is 0 Å². The molecule has 0 spiro atoms. The number of pyridine rings is 1. The number of carbonyl (C=O) groups excluding carboxylic acids is 1. The van der Waals surface area contributed by atoms with Gasteiger partial charge in [-0.3, -0.25) is 9.69 Å². The first-order chi connectivity index (χ1) is 25.7. The SMILES string of the molecule is Cc1cc(/C(=C\C=O)N2CCN(Cc3ccc(COCc4ccc(C(C)C)cc4)cc3)CC2)cc(Cl)c1Oc1ccc(OCc2ccccc2Cl)cn1. The summed E-state index contributed by atoms with van der Waals surface area (Å²) < 4.78 is 17.9. The van der Waals surface area contributed by atoms with E-state index in [2.05, 4.69) is 77.2 Å². The molecule has 5 aromatic rings. The Morgan fingerprint density at radius 3 is 2.11 bits per heavy atom. The fourth-order valence-corrected chi connectivity index (χ4v) is 6.78. The summed E-state index contributed by atoms with van der Waals surface area (Å²) in [6.45, 7) is 12.0. The number of hydrogen-bond donors (Lipinski definition) is 0. The Labute approximate surface area is 322 Å². The van der Waals surface area contributed by atoms with Gasteiger partial charge in [-0.1, -0.05) is 104 Å². The molecule has 274 valence electrons. The Bertz CT molecular complexity index is 1970. The van der Waals surface area contributed by atoms with E-state index < -0.39 is 0 Å². The fourth-order valence-electron chi connectivity index (χ4n) is 6.28. The van der Waals surface area contributed by atoms with Gasteiger partial charge in [-0.25, -0.2) is 4.98 Å². The molecule has 2 heterocycles. The van der Waals surface area contributed by atoms with Gasteiger partial charge >= 0.3 is 0 Å². The highest BCUT2D eigenvalue weighted by molar-refractivity contribution is 6.32. The number of hydrogen-bond acceptors (Lipinski definition) is 7. The summed E-state index contributed by atoms with van der Waals surface area (Å²) in [7, 11) is 0. The Balaban J connectivity index is 0.991. The minimum atomic E-state index is 0.333. The van der Waals surface area contributed by atoms with Gasteiger partial charge in [0.2, 0.25) is 5.88 Å². The molecular weight excluding hydrogens is 705 g/mol. The normalized spacial score (nSPS) is 13.7. The molecule has 1 aromatic heterocycles. The van der Waals surface area contributed by atoms with Crippen molar-refractivity contribution in [2.75, 3.05) is 26.2 Å². The molecule has 9 heteroatoms. The summed E-state index contributed by atoms with van der Waals surface area (Å²) in [4.78, 5) is 20.9. The van der Waals surface area contributed by atoms with E-state index >= 15 is 0 Å². The van der Waals surface area contributed by atoms with Gasteiger partial charge in [-0.05, 0) is 70.5 Å². The zero-order chi connectivity index (χ0) is 37.2. The molecule has 0 bridgehead atoms.